The Bertz CT molecular complexity index is 1400. The van der Waals surface area contributed by atoms with E-state index in [0.717, 1.165) is 20.8 Å². The van der Waals surface area contributed by atoms with E-state index in [0.29, 0.717) is 16.7 Å². The predicted octanol–water partition coefficient (Wildman–Crippen LogP) is 5.32. The maximum atomic E-state index is 12.8. The fourth-order valence-corrected chi connectivity index (χ4v) is 4.20. The van der Waals surface area contributed by atoms with Gasteiger partial charge in [0, 0.05) is 5.56 Å². The Labute approximate surface area is 169 Å². The van der Waals surface area contributed by atoms with Crippen LogP contribution in [0.1, 0.15) is 10.4 Å². The lowest BCUT2D eigenvalue weighted by atomic mass is 10.1. The minimum Gasteiger partial charge on any atom is -0.463 e. The van der Waals surface area contributed by atoms with Gasteiger partial charge in [-0.3, -0.25) is 9.59 Å². The summed E-state index contributed by atoms with van der Waals surface area (Å²) < 4.78 is 6.53. The Kier molecular flexibility index (Phi) is 4.18. The number of nitrogens with zero attached hydrogens (tertiary/aromatic N) is 1. The van der Waals surface area contributed by atoms with Crippen LogP contribution in [0.3, 0.4) is 0 Å². The number of para-hydroxylation sites is 3. The summed E-state index contributed by atoms with van der Waals surface area (Å²) in [7, 11) is 0. The largest absolute Gasteiger partial charge is 0.463 e. The number of rotatable bonds is 3. The maximum Gasteiger partial charge on any atom is 0.262 e. The summed E-state index contributed by atoms with van der Waals surface area (Å²) in [5, 5.41) is 4.02. The molecule has 2 aromatic heterocycles. The van der Waals surface area contributed by atoms with Gasteiger partial charge in [0.2, 0.25) is 5.43 Å². The van der Waals surface area contributed by atoms with Crippen molar-refractivity contribution >= 4 is 44.1 Å². The molecule has 0 fully saturated rings. The molecule has 0 bridgehead atoms. The number of benzene rings is 3. The normalized spacial score (nSPS) is 11.0. The molecule has 29 heavy (non-hydrogen) atoms. The van der Waals surface area contributed by atoms with Crippen LogP contribution >= 0.6 is 11.3 Å². The number of hydrogen-bond donors (Lipinski definition) is 1. The van der Waals surface area contributed by atoms with Gasteiger partial charge in [-0.1, -0.05) is 36.4 Å². The molecule has 0 saturated carbocycles. The van der Waals surface area contributed by atoms with E-state index in [-0.39, 0.29) is 11.0 Å². The Morgan fingerprint density at radius 1 is 0.931 bits per heavy atom. The molecule has 0 aliphatic rings. The SMILES string of the molecule is O=C(Nc1ccccc1-c1nc2ccccc2s1)c1coc2ccccc2c1=O. The third-order valence-corrected chi connectivity index (χ3v) is 5.69. The zero-order valence-electron chi connectivity index (χ0n) is 15.1. The van der Waals surface area contributed by atoms with Gasteiger partial charge in [0.05, 0.1) is 21.3 Å². The van der Waals surface area contributed by atoms with E-state index < -0.39 is 5.91 Å². The highest BCUT2D eigenvalue weighted by atomic mass is 32.1. The van der Waals surface area contributed by atoms with Crippen molar-refractivity contribution in [3.63, 3.8) is 0 Å². The van der Waals surface area contributed by atoms with Crippen LogP contribution in [0, 0.1) is 0 Å². The number of thiazole rings is 1. The highest BCUT2D eigenvalue weighted by molar-refractivity contribution is 7.21. The molecule has 5 rings (SSSR count). The van der Waals surface area contributed by atoms with Gasteiger partial charge >= 0.3 is 0 Å². The fraction of sp³-hybridized carbons (Fsp3) is 0. The van der Waals surface area contributed by atoms with Crippen molar-refractivity contribution in [3.8, 4) is 10.6 Å². The lowest BCUT2D eigenvalue weighted by molar-refractivity contribution is 0.102. The molecule has 0 saturated heterocycles. The third-order valence-electron chi connectivity index (χ3n) is 4.62. The summed E-state index contributed by atoms with van der Waals surface area (Å²) in [5.74, 6) is -0.516. The van der Waals surface area contributed by atoms with Crippen molar-refractivity contribution in [1.82, 2.24) is 4.98 Å². The van der Waals surface area contributed by atoms with Crippen LogP contribution < -0.4 is 10.7 Å². The lowest BCUT2D eigenvalue weighted by Gasteiger charge is -2.09. The maximum absolute atomic E-state index is 12.8. The number of aromatic nitrogens is 1. The minimum atomic E-state index is -0.516. The molecule has 0 aliphatic carbocycles. The van der Waals surface area contributed by atoms with Crippen LogP contribution in [0.25, 0.3) is 31.8 Å². The first-order valence-electron chi connectivity index (χ1n) is 8.97. The fourth-order valence-electron chi connectivity index (χ4n) is 3.19. The average Bonchev–Trinajstić information content (AvgIpc) is 3.18. The molecular formula is C23H14N2O3S. The van der Waals surface area contributed by atoms with Crippen LogP contribution in [0.4, 0.5) is 5.69 Å². The quantitative estimate of drug-likeness (QED) is 0.446. The summed E-state index contributed by atoms with van der Waals surface area (Å²) in [6, 6.07) is 22.1. The summed E-state index contributed by atoms with van der Waals surface area (Å²) in [4.78, 5) is 30.2. The number of carbonyl (C=O) groups is 1. The van der Waals surface area contributed by atoms with Crippen molar-refractivity contribution < 1.29 is 9.21 Å². The van der Waals surface area contributed by atoms with Gasteiger partial charge in [0.1, 0.15) is 22.4 Å². The third kappa shape index (κ3) is 3.09. The molecule has 1 amide bonds. The van der Waals surface area contributed by atoms with Crippen molar-refractivity contribution in [1.29, 1.82) is 0 Å². The zero-order chi connectivity index (χ0) is 19.8. The zero-order valence-corrected chi connectivity index (χ0v) is 15.9. The Balaban J connectivity index is 1.54. The molecule has 5 nitrogen and oxygen atoms in total. The standard InChI is InChI=1S/C23H14N2O3S/c26-21-15-8-2-5-11-19(15)28-13-16(21)22(27)24-17-9-3-1-7-14(17)23-25-18-10-4-6-12-20(18)29-23/h1-13H,(H,24,27). The first-order valence-corrected chi connectivity index (χ1v) is 9.79. The van der Waals surface area contributed by atoms with E-state index in [4.69, 9.17) is 4.42 Å². The number of nitrogens with one attached hydrogen (secondary N) is 1. The van der Waals surface area contributed by atoms with Crippen molar-refractivity contribution in [2.45, 2.75) is 0 Å². The Hall–Kier alpha value is -3.77. The lowest BCUT2D eigenvalue weighted by Crippen LogP contribution is -2.21. The van der Waals surface area contributed by atoms with Gasteiger partial charge in [-0.2, -0.15) is 0 Å². The van der Waals surface area contributed by atoms with Crippen LogP contribution in [0.5, 0.6) is 0 Å². The molecule has 140 valence electrons. The molecule has 0 radical (unpaired) electrons. The molecule has 5 aromatic rings. The first-order chi connectivity index (χ1) is 14.2. The molecule has 1 N–H and O–H groups in total. The summed E-state index contributed by atoms with van der Waals surface area (Å²) in [5.41, 5.74) is 2.34. The highest BCUT2D eigenvalue weighted by Gasteiger charge is 2.17. The summed E-state index contributed by atoms with van der Waals surface area (Å²) >= 11 is 1.55. The molecular weight excluding hydrogens is 384 g/mol. The van der Waals surface area contributed by atoms with Crippen molar-refractivity contribution in [3.05, 3.63) is 94.8 Å². The first kappa shape index (κ1) is 17.3. The monoisotopic (exact) mass is 398 g/mol. The van der Waals surface area contributed by atoms with E-state index in [1.54, 1.807) is 41.7 Å². The number of anilines is 1. The Morgan fingerprint density at radius 2 is 1.69 bits per heavy atom. The summed E-state index contributed by atoms with van der Waals surface area (Å²) in [6.07, 6.45) is 1.21. The van der Waals surface area contributed by atoms with E-state index in [2.05, 4.69) is 10.3 Å². The van der Waals surface area contributed by atoms with E-state index in [1.807, 2.05) is 42.5 Å². The average molecular weight is 398 g/mol. The van der Waals surface area contributed by atoms with Crippen LogP contribution in [-0.2, 0) is 0 Å². The van der Waals surface area contributed by atoms with Gasteiger partial charge in [0.15, 0.2) is 0 Å². The predicted molar refractivity (Wildman–Crippen MR) is 115 cm³/mol. The molecule has 0 aliphatic heterocycles. The molecule has 0 atom stereocenters. The number of carbonyl (C=O) groups excluding carboxylic acids is 1. The molecule has 2 heterocycles. The number of fused-ring (bicyclic) bond motifs is 2. The molecule has 6 heteroatoms. The van der Waals surface area contributed by atoms with E-state index in [9.17, 15) is 9.59 Å². The second-order valence-electron chi connectivity index (χ2n) is 6.46. The van der Waals surface area contributed by atoms with Gasteiger partial charge in [-0.25, -0.2) is 4.98 Å². The van der Waals surface area contributed by atoms with E-state index >= 15 is 0 Å². The minimum absolute atomic E-state index is 0.0391. The van der Waals surface area contributed by atoms with Gasteiger partial charge in [-0.05, 0) is 36.4 Å². The highest BCUT2D eigenvalue weighted by Crippen LogP contribution is 2.34. The topological polar surface area (TPSA) is 72.2 Å². The van der Waals surface area contributed by atoms with Crippen LogP contribution in [0.15, 0.2) is 88.3 Å². The Morgan fingerprint density at radius 3 is 2.59 bits per heavy atom. The second kappa shape index (κ2) is 7.00. The number of hydrogen-bond acceptors (Lipinski definition) is 5. The van der Waals surface area contributed by atoms with Crippen molar-refractivity contribution in [2.75, 3.05) is 5.32 Å². The second-order valence-corrected chi connectivity index (χ2v) is 7.49. The molecule has 0 unspecified atom stereocenters. The van der Waals surface area contributed by atoms with Gasteiger partial charge in [0.25, 0.3) is 5.91 Å². The molecule has 0 spiro atoms. The summed E-state index contributed by atoms with van der Waals surface area (Å²) in [6.45, 7) is 0. The van der Waals surface area contributed by atoms with Crippen molar-refractivity contribution in [2.24, 2.45) is 0 Å². The van der Waals surface area contributed by atoms with Gasteiger partial charge in [-0.15, -0.1) is 11.3 Å². The molecule has 3 aromatic carbocycles. The smallest absolute Gasteiger partial charge is 0.262 e. The van der Waals surface area contributed by atoms with Gasteiger partial charge < -0.3 is 9.73 Å². The number of amides is 1. The van der Waals surface area contributed by atoms with E-state index in [1.165, 1.54) is 6.26 Å². The van der Waals surface area contributed by atoms with Crippen LogP contribution in [0.2, 0.25) is 0 Å². The van der Waals surface area contributed by atoms with Crippen LogP contribution in [-0.4, -0.2) is 10.9 Å².